The number of carbonyl (C=O) groups excluding carboxylic acids is 3. The minimum absolute atomic E-state index is 0.0313. The Bertz CT molecular complexity index is 1100. The van der Waals surface area contributed by atoms with Crippen LogP contribution in [-0.2, 0) is 23.9 Å². The number of aliphatic hydroxyl groups excluding tert-OH is 1. The number of hydrogen-bond donors (Lipinski definition) is 1. The fourth-order valence-electron chi connectivity index (χ4n) is 3.54. The molecule has 0 aromatic heterocycles. The van der Waals surface area contributed by atoms with E-state index in [4.69, 9.17) is 18.9 Å². The Kier molecular flexibility index (Phi) is 5.52. The summed E-state index contributed by atoms with van der Waals surface area (Å²) in [4.78, 5) is 36.2. The Labute approximate surface area is 184 Å². The summed E-state index contributed by atoms with van der Waals surface area (Å²) < 4.78 is 62.1. The van der Waals surface area contributed by atoms with Crippen LogP contribution in [0.1, 0.15) is 6.92 Å². The summed E-state index contributed by atoms with van der Waals surface area (Å²) in [6.45, 7) is 1.42. The van der Waals surface area contributed by atoms with Crippen molar-refractivity contribution in [2.45, 2.75) is 31.4 Å². The van der Waals surface area contributed by atoms with Crippen molar-refractivity contribution >= 4 is 17.3 Å². The molecule has 1 aliphatic heterocycles. The van der Waals surface area contributed by atoms with Gasteiger partial charge in [0.25, 0.3) is 0 Å². The van der Waals surface area contributed by atoms with E-state index in [1.165, 1.54) is 50.5 Å². The van der Waals surface area contributed by atoms with Crippen LogP contribution >= 0.6 is 0 Å². The van der Waals surface area contributed by atoms with E-state index in [-0.39, 0.29) is 17.1 Å². The van der Waals surface area contributed by atoms with Gasteiger partial charge in [0.15, 0.2) is 6.10 Å². The molecule has 2 unspecified atom stereocenters. The molecule has 1 heterocycles. The first kappa shape index (κ1) is 22.6. The first-order valence-electron chi connectivity index (χ1n) is 9.71. The zero-order chi connectivity index (χ0) is 24.1. The average molecular weight is 466 g/mol. The highest BCUT2D eigenvalue weighted by atomic mass is 19.4. The molecule has 11 heteroatoms. The number of benzene rings is 1. The third-order valence-corrected chi connectivity index (χ3v) is 5.40. The molecular weight excluding hydrogens is 449 g/mol. The molecule has 2 aliphatic carbocycles. The average Bonchev–Trinajstić information content (AvgIpc) is 2.79. The van der Waals surface area contributed by atoms with Crippen molar-refractivity contribution in [1.82, 2.24) is 0 Å². The van der Waals surface area contributed by atoms with Crippen molar-refractivity contribution in [1.29, 1.82) is 0 Å². The van der Waals surface area contributed by atoms with Gasteiger partial charge in [0.1, 0.15) is 23.4 Å². The molecule has 1 N–H and O–H groups in total. The van der Waals surface area contributed by atoms with Crippen LogP contribution in [0, 0.1) is 5.92 Å². The lowest BCUT2D eigenvalue weighted by atomic mass is 9.84. The van der Waals surface area contributed by atoms with Crippen molar-refractivity contribution in [3.05, 3.63) is 59.3 Å². The van der Waals surface area contributed by atoms with Gasteiger partial charge in [-0.15, -0.1) is 0 Å². The SMILES string of the molecule is COc1ccc(OC2=C(C(F)(F)F)OC3C(=CC=C(OC4C(=O)C(O)C4=O)C3C)C2=O)cc1. The molecule has 174 valence electrons. The molecule has 3 aliphatic rings. The number of hydrogen-bond acceptors (Lipinski definition) is 8. The number of ketones is 3. The van der Waals surface area contributed by atoms with Crippen LogP contribution in [0.15, 0.2) is 59.3 Å². The first-order chi connectivity index (χ1) is 15.5. The molecule has 8 nitrogen and oxygen atoms in total. The molecule has 0 bridgehead atoms. The molecule has 1 saturated carbocycles. The van der Waals surface area contributed by atoms with Crippen molar-refractivity contribution < 1.29 is 51.6 Å². The second-order valence-electron chi connectivity index (χ2n) is 7.49. The lowest BCUT2D eigenvalue weighted by Crippen LogP contribution is -2.58. The van der Waals surface area contributed by atoms with Gasteiger partial charge in [-0.05, 0) is 36.4 Å². The van der Waals surface area contributed by atoms with Crippen molar-refractivity contribution in [3.8, 4) is 11.5 Å². The predicted octanol–water partition coefficient (Wildman–Crippen LogP) is 2.17. The van der Waals surface area contributed by atoms with Gasteiger partial charge in [-0.2, -0.15) is 13.2 Å². The summed E-state index contributed by atoms with van der Waals surface area (Å²) in [7, 11) is 1.42. The van der Waals surface area contributed by atoms with E-state index in [0.717, 1.165) is 0 Å². The van der Waals surface area contributed by atoms with Gasteiger partial charge in [-0.25, -0.2) is 0 Å². The van der Waals surface area contributed by atoms with Gasteiger partial charge in [0.2, 0.25) is 35.0 Å². The largest absolute Gasteiger partial charge is 0.497 e. The van der Waals surface area contributed by atoms with E-state index in [0.29, 0.717) is 5.75 Å². The van der Waals surface area contributed by atoms with E-state index >= 15 is 0 Å². The highest BCUT2D eigenvalue weighted by Gasteiger charge is 2.53. The van der Waals surface area contributed by atoms with E-state index in [2.05, 4.69) is 0 Å². The highest BCUT2D eigenvalue weighted by Crippen LogP contribution is 2.42. The maximum absolute atomic E-state index is 13.8. The second-order valence-corrected chi connectivity index (χ2v) is 7.49. The summed E-state index contributed by atoms with van der Waals surface area (Å²) in [6.07, 6.45) is -7.30. The summed E-state index contributed by atoms with van der Waals surface area (Å²) in [5.74, 6) is -5.93. The monoisotopic (exact) mass is 466 g/mol. The molecular formula is C22H17F3O8. The molecule has 2 atom stereocenters. The first-order valence-corrected chi connectivity index (χ1v) is 9.71. The van der Waals surface area contributed by atoms with E-state index in [1.807, 2.05) is 0 Å². The van der Waals surface area contributed by atoms with Crippen molar-refractivity contribution in [3.63, 3.8) is 0 Å². The van der Waals surface area contributed by atoms with Crippen LogP contribution in [-0.4, -0.2) is 54.1 Å². The van der Waals surface area contributed by atoms with Crippen LogP contribution in [0.2, 0.25) is 0 Å². The van der Waals surface area contributed by atoms with Gasteiger partial charge >= 0.3 is 6.18 Å². The molecule has 0 radical (unpaired) electrons. The summed E-state index contributed by atoms with van der Waals surface area (Å²) >= 11 is 0. The number of alkyl halides is 3. The van der Waals surface area contributed by atoms with Gasteiger partial charge in [0, 0.05) is 5.57 Å². The van der Waals surface area contributed by atoms with Gasteiger partial charge in [0.05, 0.1) is 13.0 Å². The zero-order valence-corrected chi connectivity index (χ0v) is 17.2. The van der Waals surface area contributed by atoms with Crippen molar-refractivity contribution in [2.24, 2.45) is 5.92 Å². The number of ether oxygens (including phenoxy) is 4. The minimum atomic E-state index is -5.05. The Morgan fingerprint density at radius 1 is 1.00 bits per heavy atom. The highest BCUT2D eigenvalue weighted by molar-refractivity contribution is 6.28. The molecule has 0 amide bonds. The number of aliphatic hydroxyl groups is 1. The lowest BCUT2D eigenvalue weighted by molar-refractivity contribution is -0.167. The number of allylic oxidation sites excluding steroid dienone is 4. The number of fused-ring (bicyclic) bond motifs is 1. The molecule has 1 aromatic carbocycles. The molecule has 0 saturated heterocycles. The number of carbonyl (C=O) groups is 3. The third-order valence-electron chi connectivity index (χ3n) is 5.40. The minimum Gasteiger partial charge on any atom is -0.497 e. The smallest absolute Gasteiger partial charge is 0.453 e. The number of rotatable bonds is 5. The second kappa shape index (κ2) is 8.07. The van der Waals surface area contributed by atoms with Gasteiger partial charge in [-0.3, -0.25) is 14.4 Å². The topological polar surface area (TPSA) is 108 Å². The van der Waals surface area contributed by atoms with Crippen LogP contribution < -0.4 is 9.47 Å². The molecule has 0 spiro atoms. The Hall–Kier alpha value is -3.60. The summed E-state index contributed by atoms with van der Waals surface area (Å²) in [5, 5.41) is 9.24. The van der Waals surface area contributed by atoms with Crippen LogP contribution in [0.25, 0.3) is 0 Å². The predicted molar refractivity (Wildman–Crippen MR) is 103 cm³/mol. The molecule has 4 rings (SSSR count). The Morgan fingerprint density at radius 2 is 1.61 bits per heavy atom. The molecule has 33 heavy (non-hydrogen) atoms. The Morgan fingerprint density at radius 3 is 2.18 bits per heavy atom. The normalized spacial score (nSPS) is 27.2. The number of Topliss-reactive ketones (excluding diaryl/α,β-unsaturated/α-hetero) is 3. The number of methoxy groups -OCH3 is 1. The van der Waals surface area contributed by atoms with Gasteiger partial charge in [-0.1, -0.05) is 6.92 Å². The van der Waals surface area contributed by atoms with Crippen LogP contribution in [0.4, 0.5) is 13.2 Å². The van der Waals surface area contributed by atoms with Crippen LogP contribution in [0.5, 0.6) is 11.5 Å². The maximum atomic E-state index is 13.8. The Balaban J connectivity index is 1.64. The fourth-order valence-corrected chi connectivity index (χ4v) is 3.54. The van der Waals surface area contributed by atoms with Crippen LogP contribution in [0.3, 0.4) is 0 Å². The fraction of sp³-hybridized carbons (Fsp3) is 0.318. The zero-order valence-electron chi connectivity index (χ0n) is 17.2. The van der Waals surface area contributed by atoms with E-state index in [9.17, 15) is 32.7 Å². The standard InChI is InChI=1S/C22H17F3O8/c1-9-13(32-19-16(28)15(27)17(19)29)8-7-12-14(26)20(21(22(23,24)25)33-18(9)12)31-11-5-3-10(30-2)4-6-11/h3-9,15,18-19,27H,1-2H3. The van der Waals surface area contributed by atoms with E-state index in [1.54, 1.807) is 0 Å². The third kappa shape index (κ3) is 3.88. The molecule has 1 fully saturated rings. The van der Waals surface area contributed by atoms with E-state index < -0.39 is 59.3 Å². The number of halogens is 3. The maximum Gasteiger partial charge on any atom is 0.453 e. The summed E-state index contributed by atoms with van der Waals surface area (Å²) in [5.41, 5.74) is -0.113. The molecule has 1 aromatic rings. The lowest BCUT2D eigenvalue weighted by Gasteiger charge is -2.37. The van der Waals surface area contributed by atoms with Crippen molar-refractivity contribution in [2.75, 3.05) is 7.11 Å². The summed E-state index contributed by atoms with van der Waals surface area (Å²) in [6, 6.07) is 5.58. The van der Waals surface area contributed by atoms with Gasteiger partial charge < -0.3 is 24.1 Å². The quantitative estimate of drug-likeness (QED) is 0.658.